The molecule has 10 nitrogen and oxygen atoms in total. The molecule has 6 heterocycles. The van der Waals surface area contributed by atoms with Crippen LogP contribution in [-0.4, -0.2) is 82.7 Å². The van der Waals surface area contributed by atoms with Crippen molar-refractivity contribution in [1.29, 1.82) is 0 Å². The van der Waals surface area contributed by atoms with Crippen molar-refractivity contribution in [1.82, 2.24) is 29.8 Å². The summed E-state index contributed by atoms with van der Waals surface area (Å²) in [6.45, 7) is 7.28. The zero-order valence-corrected chi connectivity index (χ0v) is 22.9. The number of likely N-dealkylation sites (N-methyl/N-ethyl adjacent to an activating group) is 1. The van der Waals surface area contributed by atoms with Gasteiger partial charge in [-0.1, -0.05) is 0 Å². The van der Waals surface area contributed by atoms with E-state index in [-0.39, 0.29) is 11.9 Å². The molecule has 2 aliphatic rings. The highest BCUT2D eigenvalue weighted by molar-refractivity contribution is 7.14. The van der Waals surface area contributed by atoms with E-state index in [0.717, 1.165) is 66.7 Å². The van der Waals surface area contributed by atoms with E-state index in [4.69, 9.17) is 5.73 Å². The van der Waals surface area contributed by atoms with E-state index in [0.29, 0.717) is 29.1 Å². The van der Waals surface area contributed by atoms with Crippen molar-refractivity contribution in [3.63, 3.8) is 0 Å². The lowest BCUT2D eigenvalue weighted by atomic mass is 10.0. The number of aryl methyl sites for hydroxylation is 1. The molecule has 2 fully saturated rings. The number of halogens is 1. The van der Waals surface area contributed by atoms with Gasteiger partial charge in [-0.2, -0.15) is 9.49 Å². The lowest BCUT2D eigenvalue weighted by Crippen LogP contribution is -2.48. The van der Waals surface area contributed by atoms with Crippen molar-refractivity contribution in [2.24, 2.45) is 0 Å². The number of nitrogen functional groups attached to an aromatic ring is 1. The van der Waals surface area contributed by atoms with Gasteiger partial charge in [-0.05, 0) is 45.0 Å². The molecule has 2 aliphatic heterocycles. The summed E-state index contributed by atoms with van der Waals surface area (Å²) in [5.41, 5.74) is 10.2. The number of nitrogens with one attached hydrogen (secondary N) is 1. The first kappa shape index (κ1) is 25.5. The average molecular weight is 550 g/mol. The lowest BCUT2D eigenvalue weighted by molar-refractivity contribution is 0.0937. The highest BCUT2D eigenvalue weighted by Gasteiger charge is 2.29. The Morgan fingerprint density at radius 2 is 1.92 bits per heavy atom. The van der Waals surface area contributed by atoms with Gasteiger partial charge in [0.1, 0.15) is 16.7 Å². The van der Waals surface area contributed by atoms with Crippen LogP contribution in [0.4, 0.5) is 21.6 Å². The molecule has 2 saturated heterocycles. The Balaban J connectivity index is 1.25. The van der Waals surface area contributed by atoms with E-state index in [1.807, 2.05) is 6.07 Å². The van der Waals surface area contributed by atoms with Crippen LogP contribution in [0.5, 0.6) is 0 Å². The molecule has 204 valence electrons. The molecule has 12 heteroatoms. The SMILES string of the molecule is Cc1cc(N2CCN(C)CC2)c(C(=O)N[C@@H]2CCCN(c3cc(-c4ccnc(F)c4)n4ncnc(N)c34)C2)s1. The summed E-state index contributed by atoms with van der Waals surface area (Å²) in [7, 11) is 2.13. The molecule has 0 saturated carbocycles. The third-order valence-electron chi connectivity index (χ3n) is 7.57. The molecule has 4 aromatic heterocycles. The lowest BCUT2D eigenvalue weighted by Gasteiger charge is -2.35. The predicted octanol–water partition coefficient (Wildman–Crippen LogP) is 3.03. The second-order valence-electron chi connectivity index (χ2n) is 10.3. The molecule has 0 aliphatic carbocycles. The summed E-state index contributed by atoms with van der Waals surface area (Å²) in [5.74, 6) is -0.240. The van der Waals surface area contributed by atoms with E-state index in [2.05, 4.69) is 55.1 Å². The van der Waals surface area contributed by atoms with E-state index < -0.39 is 5.95 Å². The largest absolute Gasteiger partial charge is 0.382 e. The second-order valence-corrected chi connectivity index (χ2v) is 11.6. The predicted molar refractivity (Wildman–Crippen MR) is 152 cm³/mol. The summed E-state index contributed by atoms with van der Waals surface area (Å²) in [6, 6.07) is 7.19. The number of anilines is 3. The maximum absolute atomic E-state index is 13.9. The van der Waals surface area contributed by atoms with Crippen LogP contribution in [-0.2, 0) is 0 Å². The highest BCUT2D eigenvalue weighted by Crippen LogP contribution is 2.36. The summed E-state index contributed by atoms with van der Waals surface area (Å²) in [4.78, 5) is 30.2. The van der Waals surface area contributed by atoms with Crippen LogP contribution in [0.15, 0.2) is 36.8 Å². The van der Waals surface area contributed by atoms with Crippen molar-refractivity contribution >= 4 is 40.0 Å². The molecule has 0 unspecified atom stereocenters. The fourth-order valence-electron chi connectivity index (χ4n) is 5.57. The number of thiophene rings is 1. The molecule has 0 radical (unpaired) electrons. The van der Waals surface area contributed by atoms with Gasteiger partial charge in [0, 0.05) is 68.0 Å². The number of fused-ring (bicyclic) bond motifs is 1. The average Bonchev–Trinajstić information content (AvgIpc) is 3.51. The molecule has 0 bridgehead atoms. The van der Waals surface area contributed by atoms with Gasteiger partial charge >= 0.3 is 0 Å². The zero-order chi connectivity index (χ0) is 27.1. The minimum Gasteiger partial charge on any atom is -0.382 e. The first-order valence-corrected chi connectivity index (χ1v) is 14.0. The maximum Gasteiger partial charge on any atom is 0.263 e. The van der Waals surface area contributed by atoms with Crippen LogP contribution in [0.3, 0.4) is 0 Å². The fourth-order valence-corrected chi connectivity index (χ4v) is 6.50. The van der Waals surface area contributed by atoms with Crippen LogP contribution in [0, 0.1) is 12.9 Å². The van der Waals surface area contributed by atoms with Crippen LogP contribution >= 0.6 is 11.3 Å². The number of aromatic nitrogens is 4. The normalized spacial score (nSPS) is 18.6. The summed E-state index contributed by atoms with van der Waals surface area (Å²) < 4.78 is 15.6. The van der Waals surface area contributed by atoms with Crippen molar-refractivity contribution in [3.8, 4) is 11.3 Å². The molecule has 1 atom stereocenters. The van der Waals surface area contributed by atoms with Gasteiger partial charge in [-0.25, -0.2) is 14.5 Å². The number of amides is 1. The Hall–Kier alpha value is -3.77. The van der Waals surface area contributed by atoms with Crippen molar-refractivity contribution in [2.45, 2.75) is 25.8 Å². The minimum absolute atomic E-state index is 0.0218. The molecule has 0 spiro atoms. The number of carbonyl (C=O) groups excluding carboxylic acids is 1. The highest BCUT2D eigenvalue weighted by atomic mass is 32.1. The van der Waals surface area contributed by atoms with Crippen LogP contribution in [0.25, 0.3) is 16.8 Å². The number of piperidine rings is 1. The number of carbonyl (C=O) groups is 1. The molecular weight excluding hydrogens is 517 g/mol. The smallest absolute Gasteiger partial charge is 0.263 e. The Kier molecular flexibility index (Phi) is 6.81. The molecule has 0 aromatic carbocycles. The maximum atomic E-state index is 13.9. The summed E-state index contributed by atoms with van der Waals surface area (Å²) >= 11 is 1.56. The van der Waals surface area contributed by atoms with Gasteiger partial charge < -0.3 is 25.8 Å². The van der Waals surface area contributed by atoms with E-state index in [1.54, 1.807) is 21.9 Å². The first-order valence-electron chi connectivity index (χ1n) is 13.2. The quantitative estimate of drug-likeness (QED) is 0.366. The number of piperazine rings is 1. The Labute approximate surface area is 230 Å². The molecule has 1 amide bonds. The third kappa shape index (κ3) is 5.01. The number of rotatable bonds is 5. The standard InChI is InChI=1S/C27H32FN9OS/c1-17-12-22(35-10-8-34(2)9-11-35)25(39-17)27(38)33-19-4-3-7-36(15-19)21-14-20(18-5-6-30-23(28)13-18)37-24(21)26(29)31-16-32-37/h5-6,12-14,16,19H,3-4,7-11,15H2,1-2H3,(H,33,38)(H2,29,31,32)/t19-/m1/s1. The fraction of sp³-hybridized carbons (Fsp3) is 0.407. The van der Waals surface area contributed by atoms with Crippen molar-refractivity contribution in [3.05, 3.63) is 52.5 Å². The number of hydrogen-bond acceptors (Lipinski definition) is 9. The Morgan fingerprint density at radius 3 is 2.72 bits per heavy atom. The molecule has 3 N–H and O–H groups in total. The summed E-state index contributed by atoms with van der Waals surface area (Å²) in [6.07, 6.45) is 4.62. The van der Waals surface area contributed by atoms with Gasteiger partial charge in [-0.15, -0.1) is 11.3 Å². The van der Waals surface area contributed by atoms with Gasteiger partial charge in [0.15, 0.2) is 5.82 Å². The van der Waals surface area contributed by atoms with Crippen LogP contribution in [0.1, 0.15) is 27.4 Å². The Morgan fingerprint density at radius 1 is 1.10 bits per heavy atom. The zero-order valence-electron chi connectivity index (χ0n) is 22.1. The minimum atomic E-state index is -0.563. The van der Waals surface area contributed by atoms with E-state index in [9.17, 15) is 9.18 Å². The molecule has 6 rings (SSSR count). The number of nitrogens with zero attached hydrogens (tertiary/aromatic N) is 7. The topological polar surface area (TPSA) is 108 Å². The number of hydrogen-bond donors (Lipinski definition) is 2. The van der Waals surface area contributed by atoms with Gasteiger partial charge in [0.25, 0.3) is 5.91 Å². The Bertz CT molecular complexity index is 1510. The van der Waals surface area contributed by atoms with Gasteiger partial charge in [0.05, 0.1) is 17.1 Å². The van der Waals surface area contributed by atoms with Gasteiger partial charge in [-0.3, -0.25) is 4.79 Å². The van der Waals surface area contributed by atoms with E-state index in [1.165, 1.54) is 18.6 Å². The molecule has 39 heavy (non-hydrogen) atoms. The monoisotopic (exact) mass is 549 g/mol. The molecular formula is C27H32FN9OS. The van der Waals surface area contributed by atoms with Crippen LogP contribution in [0.2, 0.25) is 0 Å². The number of nitrogens with two attached hydrogens (primary N) is 1. The summed E-state index contributed by atoms with van der Waals surface area (Å²) in [5, 5.41) is 7.72. The first-order chi connectivity index (χ1) is 18.9. The molecule has 4 aromatic rings. The van der Waals surface area contributed by atoms with Crippen molar-refractivity contribution in [2.75, 3.05) is 61.8 Å². The van der Waals surface area contributed by atoms with Crippen LogP contribution < -0.4 is 20.9 Å². The second kappa shape index (κ2) is 10.4. The van der Waals surface area contributed by atoms with Gasteiger partial charge in [0.2, 0.25) is 5.95 Å². The number of pyridine rings is 1. The third-order valence-corrected chi connectivity index (χ3v) is 8.61. The van der Waals surface area contributed by atoms with Crippen molar-refractivity contribution < 1.29 is 9.18 Å². The van der Waals surface area contributed by atoms with E-state index >= 15 is 0 Å².